The Balaban J connectivity index is 1.37. The number of Topliss-reactive ketones (excluding diaryl/α,β-unsaturated/α-hetero) is 1. The van der Waals surface area contributed by atoms with Crippen LogP contribution >= 0.6 is 11.8 Å². The Hall–Kier alpha value is -4.17. The SMILES string of the molecule is O=C(CCc1c[nH]c2ccccc12)Nn1c(SCC(=O)c2ccccc2)nc2ccccc2c1=O. The zero-order chi connectivity index (χ0) is 24.2. The standard InChI is InChI=1S/C27H22N4O3S/c32-24(18-8-2-1-3-9-18)17-35-27-29-23-13-7-5-11-21(23)26(34)31(27)30-25(33)15-14-19-16-28-22-12-6-4-10-20(19)22/h1-13,16,28H,14-15,17H2,(H,30,33). The largest absolute Gasteiger partial charge is 0.361 e. The number of ketones is 1. The molecule has 5 rings (SSSR count). The van der Waals surface area contributed by atoms with Gasteiger partial charge in [-0.05, 0) is 30.2 Å². The highest BCUT2D eigenvalue weighted by Gasteiger charge is 2.16. The van der Waals surface area contributed by atoms with E-state index in [9.17, 15) is 14.4 Å². The molecule has 0 fully saturated rings. The first-order valence-corrected chi connectivity index (χ1v) is 12.2. The van der Waals surface area contributed by atoms with E-state index < -0.39 is 0 Å². The molecule has 174 valence electrons. The number of carbonyl (C=O) groups excluding carboxylic acids is 2. The maximum absolute atomic E-state index is 13.2. The van der Waals surface area contributed by atoms with E-state index in [4.69, 9.17) is 0 Å². The fourth-order valence-corrected chi connectivity index (χ4v) is 4.76. The lowest BCUT2D eigenvalue weighted by Crippen LogP contribution is -2.35. The van der Waals surface area contributed by atoms with Crippen LogP contribution in [0.2, 0.25) is 0 Å². The van der Waals surface area contributed by atoms with E-state index >= 15 is 0 Å². The highest BCUT2D eigenvalue weighted by atomic mass is 32.2. The maximum atomic E-state index is 13.2. The van der Waals surface area contributed by atoms with Gasteiger partial charge in [-0.3, -0.25) is 19.8 Å². The predicted octanol–water partition coefficient (Wildman–Crippen LogP) is 4.56. The van der Waals surface area contributed by atoms with Gasteiger partial charge in [-0.2, -0.15) is 4.68 Å². The number of hydrogen-bond acceptors (Lipinski definition) is 5. The molecule has 0 unspecified atom stereocenters. The number of benzene rings is 3. The van der Waals surface area contributed by atoms with Gasteiger partial charge < -0.3 is 4.98 Å². The van der Waals surface area contributed by atoms with E-state index in [1.807, 2.05) is 36.5 Å². The van der Waals surface area contributed by atoms with Crippen molar-refractivity contribution in [2.24, 2.45) is 0 Å². The van der Waals surface area contributed by atoms with Crippen LogP contribution in [0.25, 0.3) is 21.8 Å². The van der Waals surface area contributed by atoms with Gasteiger partial charge in [0.2, 0.25) is 5.91 Å². The van der Waals surface area contributed by atoms with E-state index in [1.165, 1.54) is 0 Å². The summed E-state index contributed by atoms with van der Waals surface area (Å²) in [7, 11) is 0. The normalized spacial score (nSPS) is 11.1. The van der Waals surface area contributed by atoms with Gasteiger partial charge in [0.1, 0.15) is 0 Å². The molecule has 3 aromatic carbocycles. The Morgan fingerprint density at radius 3 is 2.46 bits per heavy atom. The molecular weight excluding hydrogens is 460 g/mol. The lowest BCUT2D eigenvalue weighted by atomic mass is 10.1. The van der Waals surface area contributed by atoms with Gasteiger partial charge in [-0.1, -0.05) is 72.4 Å². The van der Waals surface area contributed by atoms with Crippen LogP contribution in [0.4, 0.5) is 0 Å². The number of nitrogens with zero attached hydrogens (tertiary/aromatic N) is 2. The van der Waals surface area contributed by atoms with Crippen molar-refractivity contribution in [3.05, 3.63) is 107 Å². The summed E-state index contributed by atoms with van der Waals surface area (Å²) in [6.07, 6.45) is 2.60. The molecule has 0 saturated heterocycles. The number of rotatable bonds is 8. The minimum atomic E-state index is -0.384. The van der Waals surface area contributed by atoms with Crippen molar-refractivity contribution in [1.29, 1.82) is 0 Å². The van der Waals surface area contributed by atoms with Crippen LogP contribution in [0.5, 0.6) is 0 Å². The molecule has 0 aliphatic heterocycles. The molecule has 0 spiro atoms. The third kappa shape index (κ3) is 4.88. The van der Waals surface area contributed by atoms with Gasteiger partial charge in [-0.15, -0.1) is 0 Å². The molecular formula is C27H22N4O3S. The average molecular weight is 483 g/mol. The number of carbonyl (C=O) groups is 2. The number of para-hydroxylation sites is 2. The van der Waals surface area contributed by atoms with E-state index in [-0.39, 0.29) is 34.6 Å². The number of hydrogen-bond donors (Lipinski definition) is 2. The molecule has 0 aliphatic rings. The van der Waals surface area contributed by atoms with Crippen molar-refractivity contribution in [3.8, 4) is 0 Å². The Morgan fingerprint density at radius 2 is 1.63 bits per heavy atom. The monoisotopic (exact) mass is 482 g/mol. The first kappa shape index (κ1) is 22.6. The average Bonchev–Trinajstić information content (AvgIpc) is 3.31. The Kier molecular flexibility index (Phi) is 6.45. The molecule has 0 saturated carbocycles. The van der Waals surface area contributed by atoms with Crippen molar-refractivity contribution in [3.63, 3.8) is 0 Å². The summed E-state index contributed by atoms with van der Waals surface area (Å²) < 4.78 is 1.16. The zero-order valence-corrected chi connectivity index (χ0v) is 19.5. The minimum Gasteiger partial charge on any atom is -0.361 e. The van der Waals surface area contributed by atoms with E-state index in [1.54, 1.807) is 48.5 Å². The molecule has 2 heterocycles. The molecule has 0 radical (unpaired) electrons. The van der Waals surface area contributed by atoms with E-state index in [0.29, 0.717) is 22.9 Å². The summed E-state index contributed by atoms with van der Waals surface area (Å²) in [6.45, 7) is 0. The van der Waals surface area contributed by atoms with Crippen LogP contribution in [0.15, 0.2) is 95.0 Å². The summed E-state index contributed by atoms with van der Waals surface area (Å²) in [4.78, 5) is 46.5. The molecule has 8 heteroatoms. The summed E-state index contributed by atoms with van der Waals surface area (Å²) in [5.74, 6) is -0.319. The van der Waals surface area contributed by atoms with Crippen LogP contribution in [-0.2, 0) is 11.2 Å². The third-order valence-corrected chi connectivity index (χ3v) is 6.64. The number of aromatic nitrogens is 3. The summed E-state index contributed by atoms with van der Waals surface area (Å²) in [6, 6.07) is 23.8. The highest BCUT2D eigenvalue weighted by Crippen LogP contribution is 2.20. The number of aryl methyl sites for hydroxylation is 1. The van der Waals surface area contributed by atoms with Gasteiger partial charge >= 0.3 is 0 Å². The molecule has 35 heavy (non-hydrogen) atoms. The van der Waals surface area contributed by atoms with Crippen molar-refractivity contribution >= 4 is 45.3 Å². The zero-order valence-electron chi connectivity index (χ0n) is 18.7. The second kappa shape index (κ2) is 9.99. The Labute approximate surface area is 205 Å². The lowest BCUT2D eigenvalue weighted by Gasteiger charge is -2.14. The van der Waals surface area contributed by atoms with Crippen molar-refractivity contribution in [2.75, 3.05) is 11.2 Å². The predicted molar refractivity (Wildman–Crippen MR) is 138 cm³/mol. The topological polar surface area (TPSA) is 96.8 Å². The Bertz CT molecular complexity index is 1590. The fourth-order valence-electron chi connectivity index (χ4n) is 3.91. The third-order valence-electron chi connectivity index (χ3n) is 5.71. The maximum Gasteiger partial charge on any atom is 0.281 e. The van der Waals surface area contributed by atoms with Crippen LogP contribution in [0.3, 0.4) is 0 Å². The van der Waals surface area contributed by atoms with Gasteiger partial charge in [-0.25, -0.2) is 4.98 Å². The molecule has 0 bridgehead atoms. The molecule has 1 amide bonds. The number of nitrogens with one attached hydrogen (secondary N) is 2. The number of thioether (sulfide) groups is 1. The molecule has 0 aliphatic carbocycles. The number of H-pyrrole nitrogens is 1. The second-order valence-corrected chi connectivity index (χ2v) is 8.97. The van der Waals surface area contributed by atoms with Gasteiger partial charge in [0, 0.05) is 29.1 Å². The van der Waals surface area contributed by atoms with Gasteiger partial charge in [0.25, 0.3) is 5.56 Å². The van der Waals surface area contributed by atoms with E-state index in [0.717, 1.165) is 32.9 Å². The molecule has 0 atom stereocenters. The molecule has 2 N–H and O–H groups in total. The molecule has 2 aromatic heterocycles. The minimum absolute atomic E-state index is 0.0833. The summed E-state index contributed by atoms with van der Waals surface area (Å²) in [5.41, 5.74) is 5.46. The number of fused-ring (bicyclic) bond motifs is 2. The quantitative estimate of drug-likeness (QED) is 0.192. The Morgan fingerprint density at radius 1 is 0.914 bits per heavy atom. The summed E-state index contributed by atoms with van der Waals surface area (Å²) >= 11 is 1.12. The first-order chi connectivity index (χ1) is 17.1. The second-order valence-electron chi connectivity index (χ2n) is 8.02. The van der Waals surface area contributed by atoms with Crippen molar-refractivity contribution < 1.29 is 9.59 Å². The van der Waals surface area contributed by atoms with Crippen LogP contribution in [0.1, 0.15) is 22.3 Å². The molecule has 5 aromatic rings. The van der Waals surface area contributed by atoms with Crippen LogP contribution in [0, 0.1) is 0 Å². The fraction of sp³-hybridized carbons (Fsp3) is 0.111. The lowest BCUT2D eigenvalue weighted by molar-refractivity contribution is -0.117. The number of amides is 1. The van der Waals surface area contributed by atoms with Crippen molar-refractivity contribution in [1.82, 2.24) is 14.6 Å². The highest BCUT2D eigenvalue weighted by molar-refractivity contribution is 7.99. The van der Waals surface area contributed by atoms with Crippen LogP contribution in [-0.4, -0.2) is 32.1 Å². The summed E-state index contributed by atoms with van der Waals surface area (Å²) in [5, 5.41) is 1.72. The van der Waals surface area contributed by atoms with Crippen molar-refractivity contribution in [2.45, 2.75) is 18.0 Å². The molecule has 7 nitrogen and oxygen atoms in total. The van der Waals surface area contributed by atoms with Gasteiger partial charge in [0.15, 0.2) is 10.9 Å². The smallest absolute Gasteiger partial charge is 0.281 e. The van der Waals surface area contributed by atoms with Crippen LogP contribution < -0.4 is 11.0 Å². The number of aromatic amines is 1. The van der Waals surface area contributed by atoms with E-state index in [2.05, 4.69) is 15.4 Å². The first-order valence-electron chi connectivity index (χ1n) is 11.2. The van der Waals surface area contributed by atoms with Gasteiger partial charge in [0.05, 0.1) is 16.7 Å².